The first-order chi connectivity index (χ1) is 10.1. The van der Waals surface area contributed by atoms with Gasteiger partial charge in [-0.15, -0.1) is 0 Å². The molecule has 2 rings (SSSR count). The zero-order valence-electron chi connectivity index (χ0n) is 12.9. The van der Waals surface area contributed by atoms with E-state index in [-0.39, 0.29) is 6.04 Å². The second-order valence-electron chi connectivity index (χ2n) is 5.56. The van der Waals surface area contributed by atoms with E-state index in [1.807, 2.05) is 18.5 Å². The summed E-state index contributed by atoms with van der Waals surface area (Å²) in [5, 5.41) is 4.46. The SMILES string of the molecule is CCCNC(c1cc(C)cc(Cl)c1)C(C)c1ccncc1. The third kappa shape index (κ3) is 4.29. The Morgan fingerprint density at radius 2 is 1.86 bits per heavy atom. The lowest BCUT2D eigenvalue weighted by atomic mass is 9.88. The van der Waals surface area contributed by atoms with Crippen LogP contribution in [0.2, 0.25) is 5.02 Å². The minimum atomic E-state index is 0.254. The number of aryl methyl sites for hydroxylation is 1. The molecule has 0 radical (unpaired) electrons. The average molecular weight is 303 g/mol. The number of benzene rings is 1. The second kappa shape index (κ2) is 7.58. The highest BCUT2D eigenvalue weighted by Gasteiger charge is 2.20. The van der Waals surface area contributed by atoms with Crippen LogP contribution in [0.3, 0.4) is 0 Å². The topological polar surface area (TPSA) is 24.9 Å². The lowest BCUT2D eigenvalue weighted by molar-refractivity contribution is 0.466. The van der Waals surface area contributed by atoms with Crippen LogP contribution in [0.5, 0.6) is 0 Å². The molecule has 2 aromatic rings. The average Bonchev–Trinajstić information content (AvgIpc) is 2.47. The Bertz CT molecular complexity index is 548. The molecule has 0 bridgehead atoms. The molecule has 1 aromatic carbocycles. The third-order valence-corrected chi connectivity index (χ3v) is 3.99. The van der Waals surface area contributed by atoms with Gasteiger partial charge >= 0.3 is 0 Å². The molecule has 2 unspecified atom stereocenters. The first-order valence-corrected chi connectivity index (χ1v) is 7.90. The van der Waals surface area contributed by atoms with Gasteiger partial charge in [0.2, 0.25) is 0 Å². The molecule has 0 aliphatic heterocycles. The molecule has 0 aliphatic carbocycles. The Hall–Kier alpha value is -1.38. The van der Waals surface area contributed by atoms with E-state index in [1.54, 1.807) is 0 Å². The predicted molar refractivity (Wildman–Crippen MR) is 89.9 cm³/mol. The summed E-state index contributed by atoms with van der Waals surface area (Å²) in [5.41, 5.74) is 3.73. The quantitative estimate of drug-likeness (QED) is 0.822. The normalized spacial score (nSPS) is 13.9. The van der Waals surface area contributed by atoms with Crippen molar-refractivity contribution < 1.29 is 0 Å². The Morgan fingerprint density at radius 1 is 1.14 bits per heavy atom. The highest BCUT2D eigenvalue weighted by atomic mass is 35.5. The van der Waals surface area contributed by atoms with Crippen LogP contribution >= 0.6 is 11.6 Å². The Morgan fingerprint density at radius 3 is 2.48 bits per heavy atom. The molecule has 0 aliphatic rings. The molecule has 1 aromatic heterocycles. The van der Waals surface area contributed by atoms with Crippen LogP contribution in [0, 0.1) is 6.92 Å². The van der Waals surface area contributed by atoms with Crippen LogP contribution in [0.25, 0.3) is 0 Å². The summed E-state index contributed by atoms with van der Waals surface area (Å²) in [6, 6.07) is 10.7. The van der Waals surface area contributed by atoms with Gasteiger partial charge in [-0.05, 0) is 60.8 Å². The van der Waals surface area contributed by atoms with Gasteiger partial charge < -0.3 is 5.32 Å². The molecular weight excluding hydrogens is 280 g/mol. The largest absolute Gasteiger partial charge is 0.309 e. The molecule has 3 heteroatoms. The number of aromatic nitrogens is 1. The van der Waals surface area contributed by atoms with E-state index < -0.39 is 0 Å². The monoisotopic (exact) mass is 302 g/mol. The smallest absolute Gasteiger partial charge is 0.0411 e. The number of rotatable bonds is 6. The molecule has 0 fully saturated rings. The van der Waals surface area contributed by atoms with Crippen LogP contribution in [0.1, 0.15) is 48.9 Å². The van der Waals surface area contributed by atoms with Crippen molar-refractivity contribution in [3.05, 3.63) is 64.4 Å². The molecule has 2 atom stereocenters. The Kier molecular flexibility index (Phi) is 5.77. The summed E-state index contributed by atoms with van der Waals surface area (Å²) in [4.78, 5) is 4.11. The van der Waals surface area contributed by atoms with Gasteiger partial charge in [-0.3, -0.25) is 4.98 Å². The fourth-order valence-corrected chi connectivity index (χ4v) is 2.98. The molecule has 0 saturated carbocycles. The molecule has 2 nitrogen and oxygen atoms in total. The minimum absolute atomic E-state index is 0.254. The molecule has 112 valence electrons. The summed E-state index contributed by atoms with van der Waals surface area (Å²) < 4.78 is 0. The maximum atomic E-state index is 6.24. The maximum absolute atomic E-state index is 6.24. The van der Waals surface area contributed by atoms with E-state index in [4.69, 9.17) is 11.6 Å². The summed E-state index contributed by atoms with van der Waals surface area (Å²) in [6.45, 7) is 7.51. The van der Waals surface area contributed by atoms with Crippen molar-refractivity contribution in [3.63, 3.8) is 0 Å². The Labute approximate surface area is 132 Å². The zero-order valence-corrected chi connectivity index (χ0v) is 13.7. The molecule has 0 saturated heterocycles. The fourth-order valence-electron chi connectivity index (χ4n) is 2.69. The van der Waals surface area contributed by atoms with Crippen LogP contribution in [0.15, 0.2) is 42.7 Å². The van der Waals surface area contributed by atoms with Crippen LogP contribution < -0.4 is 5.32 Å². The first kappa shape index (κ1) is 16.0. The number of pyridine rings is 1. The van der Waals surface area contributed by atoms with Crippen molar-refractivity contribution in [1.82, 2.24) is 10.3 Å². The van der Waals surface area contributed by atoms with E-state index >= 15 is 0 Å². The maximum Gasteiger partial charge on any atom is 0.0411 e. The van der Waals surface area contributed by atoms with Gasteiger partial charge in [-0.2, -0.15) is 0 Å². The summed E-state index contributed by atoms with van der Waals surface area (Å²) in [5.74, 6) is 0.359. The van der Waals surface area contributed by atoms with Crippen LogP contribution in [-0.2, 0) is 0 Å². The molecular formula is C18H23ClN2. The van der Waals surface area contributed by atoms with Crippen LogP contribution in [0.4, 0.5) is 0 Å². The van der Waals surface area contributed by atoms with E-state index in [2.05, 4.69) is 55.3 Å². The van der Waals surface area contributed by atoms with Crippen molar-refractivity contribution in [2.75, 3.05) is 6.54 Å². The molecule has 1 N–H and O–H groups in total. The van der Waals surface area contributed by atoms with Crippen molar-refractivity contribution in [3.8, 4) is 0 Å². The lowest BCUT2D eigenvalue weighted by Gasteiger charge is -2.26. The molecule has 0 spiro atoms. The summed E-state index contributed by atoms with van der Waals surface area (Å²) >= 11 is 6.24. The first-order valence-electron chi connectivity index (χ1n) is 7.52. The summed E-state index contributed by atoms with van der Waals surface area (Å²) in [6.07, 6.45) is 4.82. The van der Waals surface area contributed by atoms with Crippen molar-refractivity contribution in [2.24, 2.45) is 0 Å². The second-order valence-corrected chi connectivity index (χ2v) is 6.00. The number of hydrogen-bond donors (Lipinski definition) is 1. The number of hydrogen-bond acceptors (Lipinski definition) is 2. The molecule has 1 heterocycles. The van der Waals surface area contributed by atoms with Crippen molar-refractivity contribution >= 4 is 11.6 Å². The third-order valence-electron chi connectivity index (χ3n) is 3.77. The van der Waals surface area contributed by atoms with Crippen LogP contribution in [-0.4, -0.2) is 11.5 Å². The van der Waals surface area contributed by atoms with Gasteiger partial charge in [0.05, 0.1) is 0 Å². The number of halogens is 1. The van der Waals surface area contributed by atoms with E-state index in [1.165, 1.54) is 16.7 Å². The van der Waals surface area contributed by atoms with Gasteiger partial charge in [0, 0.05) is 29.4 Å². The highest BCUT2D eigenvalue weighted by Crippen LogP contribution is 2.32. The lowest BCUT2D eigenvalue weighted by Crippen LogP contribution is -2.26. The van der Waals surface area contributed by atoms with Gasteiger partial charge in [0.15, 0.2) is 0 Å². The standard InChI is InChI=1S/C18H23ClN2/c1-4-7-21-18(14(3)15-5-8-20-9-6-15)16-10-13(2)11-17(19)12-16/h5-6,8-12,14,18,21H,4,7H2,1-3H3. The predicted octanol–water partition coefficient (Wildman–Crippen LogP) is 4.89. The minimum Gasteiger partial charge on any atom is -0.309 e. The van der Waals surface area contributed by atoms with E-state index in [0.717, 1.165) is 18.0 Å². The summed E-state index contributed by atoms with van der Waals surface area (Å²) in [7, 11) is 0. The zero-order chi connectivity index (χ0) is 15.2. The molecule has 0 amide bonds. The van der Waals surface area contributed by atoms with Gasteiger partial charge in [0.25, 0.3) is 0 Å². The van der Waals surface area contributed by atoms with Gasteiger partial charge in [0.1, 0.15) is 0 Å². The van der Waals surface area contributed by atoms with Crippen molar-refractivity contribution in [1.29, 1.82) is 0 Å². The highest BCUT2D eigenvalue weighted by molar-refractivity contribution is 6.30. The van der Waals surface area contributed by atoms with Gasteiger partial charge in [-0.25, -0.2) is 0 Å². The number of nitrogens with one attached hydrogen (secondary N) is 1. The van der Waals surface area contributed by atoms with E-state index in [9.17, 15) is 0 Å². The molecule has 21 heavy (non-hydrogen) atoms. The Balaban J connectivity index is 2.33. The van der Waals surface area contributed by atoms with E-state index in [0.29, 0.717) is 5.92 Å². The fraction of sp³-hybridized carbons (Fsp3) is 0.389. The number of nitrogens with zero attached hydrogens (tertiary/aromatic N) is 1. The van der Waals surface area contributed by atoms with Crippen molar-refractivity contribution in [2.45, 2.75) is 39.2 Å². The van der Waals surface area contributed by atoms with Gasteiger partial charge in [-0.1, -0.05) is 31.5 Å².